The Morgan fingerprint density at radius 2 is 2.27 bits per heavy atom. The van der Waals surface area contributed by atoms with Crippen molar-refractivity contribution in [1.29, 1.82) is 0 Å². The predicted molar refractivity (Wildman–Crippen MR) is 58.5 cm³/mol. The second-order valence-corrected chi connectivity index (χ2v) is 7.26. The van der Waals surface area contributed by atoms with Gasteiger partial charge in [0.1, 0.15) is 26.2 Å². The summed E-state index contributed by atoms with van der Waals surface area (Å²) in [6.07, 6.45) is -3.09. The predicted octanol–water partition coefficient (Wildman–Crippen LogP) is 0.181. The molecule has 1 saturated heterocycles. The highest BCUT2D eigenvalue weighted by atomic mass is 32.5. The topological polar surface area (TPSA) is 47.9 Å². The third-order valence-electron chi connectivity index (χ3n) is 1.97. The Labute approximate surface area is 94.7 Å². The van der Waals surface area contributed by atoms with E-state index in [1.165, 1.54) is 13.8 Å². The minimum atomic E-state index is -2.94. The van der Waals surface area contributed by atoms with Crippen LogP contribution < -0.4 is 0 Å². The molecular formula is C7H13BFO4PS. The molecule has 0 aromatic rings. The summed E-state index contributed by atoms with van der Waals surface area (Å²) in [6.45, 7) is -1.44. The molecule has 0 aromatic heterocycles. The van der Waals surface area contributed by atoms with E-state index in [1.807, 2.05) is 0 Å². The van der Waals surface area contributed by atoms with Crippen molar-refractivity contribution in [2.75, 3.05) is 20.4 Å². The molecule has 0 saturated carbocycles. The Balaban J connectivity index is 2.68. The van der Waals surface area contributed by atoms with Crippen LogP contribution in [-0.4, -0.2) is 57.5 Å². The lowest BCUT2D eigenvalue weighted by molar-refractivity contribution is -0.0105. The fraction of sp³-hybridized carbons (Fsp3) is 1.00. The lowest BCUT2D eigenvalue weighted by Crippen LogP contribution is -2.33. The van der Waals surface area contributed by atoms with Gasteiger partial charge in [-0.05, 0) is 11.8 Å². The molecule has 0 amide bonds. The molecule has 1 N–H and O–H groups in total. The number of halogens is 1. The lowest BCUT2D eigenvalue weighted by Gasteiger charge is -2.22. The third-order valence-corrected chi connectivity index (χ3v) is 2.87. The molecule has 1 aliphatic rings. The van der Waals surface area contributed by atoms with E-state index in [2.05, 4.69) is 0 Å². The summed E-state index contributed by atoms with van der Waals surface area (Å²) in [4.78, 5) is 9.37. The fourth-order valence-corrected chi connectivity index (χ4v) is 2.40. The molecule has 0 bridgehead atoms. The van der Waals surface area contributed by atoms with Crippen LogP contribution in [0.4, 0.5) is 4.39 Å². The summed E-state index contributed by atoms with van der Waals surface area (Å²) >= 11 is 4.69. The molecule has 1 heterocycles. The summed E-state index contributed by atoms with van der Waals surface area (Å²) in [5.74, 6) is 0. The van der Waals surface area contributed by atoms with Gasteiger partial charge in [-0.2, -0.15) is 0 Å². The van der Waals surface area contributed by atoms with Gasteiger partial charge in [0.2, 0.25) is 0 Å². The molecule has 3 unspecified atom stereocenters. The lowest BCUT2D eigenvalue weighted by atomic mass is 9.94. The van der Waals surface area contributed by atoms with Crippen LogP contribution in [0.25, 0.3) is 0 Å². The maximum atomic E-state index is 13.5. The quantitative estimate of drug-likeness (QED) is 0.573. The van der Waals surface area contributed by atoms with Crippen molar-refractivity contribution in [2.45, 2.75) is 24.4 Å². The standard InChI is InChI=1S/C7H13BFO4PS/c1-11-3-4-6(13-14(2,10)15)5(9)7(8)12-4/h4-7H,3H2,1-2H3,(H,10,15)/t4-,5?,6?,7-,14?/m1/s1. The molecule has 0 aromatic carbocycles. The van der Waals surface area contributed by atoms with Gasteiger partial charge in [0.25, 0.3) is 0 Å². The molecule has 4 nitrogen and oxygen atoms in total. The number of hydrogen-bond acceptors (Lipinski definition) is 4. The van der Waals surface area contributed by atoms with Gasteiger partial charge in [-0.3, -0.25) is 0 Å². The molecule has 1 aliphatic heterocycles. The van der Waals surface area contributed by atoms with Crippen LogP contribution in [0.3, 0.4) is 0 Å². The van der Waals surface area contributed by atoms with Crippen LogP contribution >= 0.6 is 6.49 Å². The number of rotatable bonds is 4. The van der Waals surface area contributed by atoms with Gasteiger partial charge in [-0.15, -0.1) is 0 Å². The molecule has 1 rings (SSSR count). The average molecular weight is 254 g/mol. The summed E-state index contributed by atoms with van der Waals surface area (Å²) < 4.78 is 28.5. The zero-order chi connectivity index (χ0) is 11.6. The maximum absolute atomic E-state index is 13.5. The largest absolute Gasteiger partial charge is 0.382 e. The Morgan fingerprint density at radius 1 is 1.67 bits per heavy atom. The van der Waals surface area contributed by atoms with Crippen LogP contribution in [0.2, 0.25) is 0 Å². The van der Waals surface area contributed by atoms with Crippen molar-refractivity contribution in [3.05, 3.63) is 0 Å². The summed E-state index contributed by atoms with van der Waals surface area (Å²) in [5.41, 5.74) is 0. The van der Waals surface area contributed by atoms with Gasteiger partial charge in [-0.25, -0.2) is 4.39 Å². The van der Waals surface area contributed by atoms with Crippen molar-refractivity contribution >= 4 is 26.1 Å². The van der Waals surface area contributed by atoms with E-state index in [1.54, 1.807) is 0 Å². The van der Waals surface area contributed by atoms with Crippen LogP contribution in [0, 0.1) is 0 Å². The first kappa shape index (κ1) is 13.5. The number of alkyl halides is 1. The Bertz CT molecular complexity index is 263. The normalized spacial score (nSPS) is 40.3. The van der Waals surface area contributed by atoms with E-state index in [4.69, 9.17) is 33.7 Å². The van der Waals surface area contributed by atoms with Gasteiger partial charge in [0.15, 0.2) is 6.49 Å². The minimum absolute atomic E-state index is 0.147. The van der Waals surface area contributed by atoms with Gasteiger partial charge >= 0.3 is 0 Å². The molecule has 0 spiro atoms. The second kappa shape index (κ2) is 5.21. The first-order valence-electron chi connectivity index (χ1n) is 4.38. The fourth-order valence-electron chi connectivity index (χ4n) is 1.40. The highest BCUT2D eigenvalue weighted by Crippen LogP contribution is 2.43. The zero-order valence-electron chi connectivity index (χ0n) is 8.50. The Morgan fingerprint density at radius 3 is 2.73 bits per heavy atom. The SMILES string of the molecule is [B][C@@H]1O[C@H](COC)C(OP(C)(O)=S)C1F. The minimum Gasteiger partial charge on any atom is -0.382 e. The van der Waals surface area contributed by atoms with E-state index in [0.717, 1.165) is 0 Å². The van der Waals surface area contributed by atoms with Gasteiger partial charge in [-0.1, -0.05) is 0 Å². The number of ether oxygens (including phenoxy) is 2. The summed E-state index contributed by atoms with van der Waals surface area (Å²) in [7, 11) is 6.83. The zero-order valence-corrected chi connectivity index (χ0v) is 10.2. The maximum Gasteiger partial charge on any atom is 0.183 e. The average Bonchev–Trinajstić information content (AvgIpc) is 2.32. The smallest absolute Gasteiger partial charge is 0.183 e. The molecule has 5 atom stereocenters. The van der Waals surface area contributed by atoms with Crippen molar-refractivity contribution in [2.24, 2.45) is 0 Å². The Kier molecular flexibility index (Phi) is 4.71. The summed E-state index contributed by atoms with van der Waals surface area (Å²) in [5, 5.41) is 0. The highest BCUT2D eigenvalue weighted by Gasteiger charge is 2.44. The molecular weight excluding hydrogens is 241 g/mol. The molecule has 8 heteroatoms. The van der Waals surface area contributed by atoms with E-state index in [-0.39, 0.29) is 6.61 Å². The molecule has 86 valence electrons. The van der Waals surface area contributed by atoms with Crippen molar-refractivity contribution in [3.8, 4) is 0 Å². The van der Waals surface area contributed by atoms with Crippen molar-refractivity contribution in [1.82, 2.24) is 0 Å². The highest BCUT2D eigenvalue weighted by molar-refractivity contribution is 8.09. The van der Waals surface area contributed by atoms with E-state index >= 15 is 0 Å². The molecule has 2 radical (unpaired) electrons. The van der Waals surface area contributed by atoms with Gasteiger partial charge in [0, 0.05) is 13.8 Å². The second-order valence-electron chi connectivity index (χ2n) is 3.41. The van der Waals surface area contributed by atoms with E-state index in [0.29, 0.717) is 0 Å². The molecule has 1 fully saturated rings. The summed E-state index contributed by atoms with van der Waals surface area (Å²) in [6, 6.07) is -1.06. The number of methoxy groups -OCH3 is 1. The molecule has 0 aliphatic carbocycles. The van der Waals surface area contributed by atoms with Crippen LogP contribution in [0.1, 0.15) is 0 Å². The van der Waals surface area contributed by atoms with Crippen molar-refractivity contribution in [3.63, 3.8) is 0 Å². The monoisotopic (exact) mass is 254 g/mol. The number of hydrogen-bond donors (Lipinski definition) is 1. The van der Waals surface area contributed by atoms with Gasteiger partial charge in [0.05, 0.1) is 12.6 Å². The van der Waals surface area contributed by atoms with Crippen LogP contribution in [-0.2, 0) is 25.8 Å². The van der Waals surface area contributed by atoms with Crippen LogP contribution in [0.15, 0.2) is 0 Å². The van der Waals surface area contributed by atoms with Crippen LogP contribution in [0.5, 0.6) is 0 Å². The van der Waals surface area contributed by atoms with E-state index in [9.17, 15) is 9.28 Å². The first-order valence-corrected chi connectivity index (χ1v) is 7.50. The first-order chi connectivity index (χ1) is 6.85. The Hall–Kier alpha value is 0.485. The van der Waals surface area contributed by atoms with E-state index < -0.39 is 30.9 Å². The molecule has 15 heavy (non-hydrogen) atoms. The van der Waals surface area contributed by atoms with Crippen molar-refractivity contribution < 1.29 is 23.3 Å². The van der Waals surface area contributed by atoms with Gasteiger partial charge < -0.3 is 18.9 Å². The third kappa shape index (κ3) is 3.77.